The Labute approximate surface area is 100 Å². The molecule has 0 saturated heterocycles. The minimum Gasteiger partial charge on any atom is -0.424 e. The van der Waals surface area contributed by atoms with Crippen LogP contribution in [0.25, 0.3) is 0 Å². The number of nitrogens with zero attached hydrogens (tertiary/aromatic N) is 2. The zero-order valence-electron chi connectivity index (χ0n) is 9.97. The molecule has 0 saturated carbocycles. The summed E-state index contributed by atoms with van der Waals surface area (Å²) in [7, 11) is 0. The van der Waals surface area contributed by atoms with Gasteiger partial charge in [0.2, 0.25) is 0 Å². The fourth-order valence-electron chi connectivity index (χ4n) is 1.38. The van der Waals surface area contributed by atoms with Crippen molar-refractivity contribution in [1.29, 1.82) is 0 Å². The number of rotatable bonds is 3. The van der Waals surface area contributed by atoms with Gasteiger partial charge in [0.05, 0.1) is 0 Å². The lowest BCUT2D eigenvalue weighted by Crippen LogP contribution is -1.99. The molecule has 1 heterocycles. The third-order valence-corrected chi connectivity index (χ3v) is 2.60. The van der Waals surface area contributed by atoms with Crippen molar-refractivity contribution in [2.45, 2.75) is 20.4 Å². The zero-order chi connectivity index (χ0) is 12.3. The Balaban J connectivity index is 2.16. The number of hydrogen-bond acceptors (Lipinski definition) is 4. The van der Waals surface area contributed by atoms with Crippen LogP contribution in [0.3, 0.4) is 0 Å². The van der Waals surface area contributed by atoms with Crippen molar-refractivity contribution < 1.29 is 4.74 Å². The molecule has 4 heteroatoms. The Morgan fingerprint density at radius 2 is 1.82 bits per heavy atom. The quantitative estimate of drug-likeness (QED) is 0.877. The van der Waals surface area contributed by atoms with Crippen molar-refractivity contribution >= 4 is 0 Å². The lowest BCUT2D eigenvalue weighted by atomic mass is 10.1. The van der Waals surface area contributed by atoms with Gasteiger partial charge >= 0.3 is 6.01 Å². The molecule has 0 aliphatic carbocycles. The third kappa shape index (κ3) is 2.79. The van der Waals surface area contributed by atoms with E-state index < -0.39 is 0 Å². The second-order valence-corrected chi connectivity index (χ2v) is 3.93. The molecule has 0 spiro atoms. The van der Waals surface area contributed by atoms with Gasteiger partial charge in [-0.3, -0.25) is 0 Å². The van der Waals surface area contributed by atoms with Gasteiger partial charge in [-0.1, -0.05) is 6.07 Å². The standard InChI is InChI=1S/C13H15N3O/c1-9-3-4-12(5-10(9)2)17-13-15-7-11(6-14)8-16-13/h3-5,7-8H,6,14H2,1-2H3. The van der Waals surface area contributed by atoms with Crippen molar-refractivity contribution in [3.8, 4) is 11.8 Å². The van der Waals surface area contributed by atoms with Gasteiger partial charge in [-0.15, -0.1) is 0 Å². The van der Waals surface area contributed by atoms with E-state index in [1.54, 1.807) is 12.4 Å². The molecule has 0 aliphatic rings. The predicted molar refractivity (Wildman–Crippen MR) is 65.9 cm³/mol. The highest BCUT2D eigenvalue weighted by molar-refractivity contribution is 5.35. The Morgan fingerprint density at radius 3 is 2.41 bits per heavy atom. The molecule has 1 aromatic carbocycles. The van der Waals surface area contributed by atoms with Crippen LogP contribution < -0.4 is 10.5 Å². The molecular weight excluding hydrogens is 214 g/mol. The first-order valence-corrected chi connectivity index (χ1v) is 5.45. The fraction of sp³-hybridized carbons (Fsp3) is 0.231. The van der Waals surface area contributed by atoms with Crippen LogP contribution in [0.4, 0.5) is 0 Å². The number of nitrogens with two attached hydrogens (primary N) is 1. The molecule has 0 aliphatic heterocycles. The van der Waals surface area contributed by atoms with Gasteiger partial charge in [0, 0.05) is 24.5 Å². The largest absolute Gasteiger partial charge is 0.424 e. The molecule has 1 aromatic heterocycles. The summed E-state index contributed by atoms with van der Waals surface area (Å²) in [6.07, 6.45) is 3.34. The summed E-state index contributed by atoms with van der Waals surface area (Å²) < 4.78 is 5.55. The second kappa shape index (κ2) is 4.93. The number of ether oxygens (including phenoxy) is 1. The molecule has 2 aromatic rings. The van der Waals surface area contributed by atoms with Crippen LogP contribution in [0.2, 0.25) is 0 Å². The van der Waals surface area contributed by atoms with Gasteiger partial charge in [0.25, 0.3) is 0 Å². The van der Waals surface area contributed by atoms with Crippen molar-refractivity contribution in [1.82, 2.24) is 9.97 Å². The first-order valence-electron chi connectivity index (χ1n) is 5.45. The second-order valence-electron chi connectivity index (χ2n) is 3.93. The van der Waals surface area contributed by atoms with Crippen LogP contribution in [-0.4, -0.2) is 9.97 Å². The summed E-state index contributed by atoms with van der Waals surface area (Å²) in [5.74, 6) is 0.744. The average molecular weight is 229 g/mol. The monoisotopic (exact) mass is 229 g/mol. The highest BCUT2D eigenvalue weighted by atomic mass is 16.5. The topological polar surface area (TPSA) is 61.0 Å². The van der Waals surface area contributed by atoms with Crippen LogP contribution in [-0.2, 0) is 6.54 Å². The van der Waals surface area contributed by atoms with E-state index in [-0.39, 0.29) is 0 Å². The molecule has 2 N–H and O–H groups in total. The lowest BCUT2D eigenvalue weighted by molar-refractivity contribution is 0.440. The maximum Gasteiger partial charge on any atom is 0.321 e. The Bertz CT molecular complexity index is 509. The maximum atomic E-state index is 5.55. The van der Waals surface area contributed by atoms with Crippen molar-refractivity contribution in [2.75, 3.05) is 0 Å². The predicted octanol–water partition coefficient (Wildman–Crippen LogP) is 2.34. The van der Waals surface area contributed by atoms with Crippen LogP contribution in [0.15, 0.2) is 30.6 Å². The van der Waals surface area contributed by atoms with E-state index in [1.807, 2.05) is 25.1 Å². The molecule has 0 unspecified atom stereocenters. The van der Waals surface area contributed by atoms with E-state index in [0.29, 0.717) is 12.6 Å². The van der Waals surface area contributed by atoms with Crippen LogP contribution in [0, 0.1) is 13.8 Å². The van der Waals surface area contributed by atoms with E-state index in [2.05, 4.69) is 16.9 Å². The molecule has 0 amide bonds. The van der Waals surface area contributed by atoms with Crippen LogP contribution >= 0.6 is 0 Å². The minimum atomic E-state index is 0.338. The third-order valence-electron chi connectivity index (χ3n) is 2.60. The van der Waals surface area contributed by atoms with E-state index in [1.165, 1.54) is 11.1 Å². The van der Waals surface area contributed by atoms with E-state index in [0.717, 1.165) is 11.3 Å². The zero-order valence-corrected chi connectivity index (χ0v) is 9.97. The van der Waals surface area contributed by atoms with E-state index in [4.69, 9.17) is 10.5 Å². The Hall–Kier alpha value is -1.94. The smallest absolute Gasteiger partial charge is 0.321 e. The fourth-order valence-corrected chi connectivity index (χ4v) is 1.38. The number of benzene rings is 1. The van der Waals surface area contributed by atoms with Gasteiger partial charge < -0.3 is 10.5 Å². The summed E-state index contributed by atoms with van der Waals surface area (Å²) in [6.45, 7) is 4.54. The molecule has 88 valence electrons. The minimum absolute atomic E-state index is 0.338. The van der Waals surface area contributed by atoms with E-state index in [9.17, 15) is 0 Å². The summed E-state index contributed by atoms with van der Waals surface area (Å²) in [4.78, 5) is 8.17. The SMILES string of the molecule is Cc1ccc(Oc2ncc(CN)cn2)cc1C. The van der Waals surface area contributed by atoms with Crippen LogP contribution in [0.5, 0.6) is 11.8 Å². The van der Waals surface area contributed by atoms with Gasteiger partial charge in [-0.05, 0) is 37.1 Å². The molecule has 4 nitrogen and oxygen atoms in total. The first kappa shape index (κ1) is 11.5. The Kier molecular flexibility index (Phi) is 3.35. The molecule has 0 atom stereocenters. The van der Waals surface area contributed by atoms with Gasteiger partial charge in [-0.2, -0.15) is 0 Å². The molecule has 0 fully saturated rings. The van der Waals surface area contributed by atoms with Gasteiger partial charge in [0.15, 0.2) is 0 Å². The number of hydrogen-bond donors (Lipinski definition) is 1. The summed E-state index contributed by atoms with van der Waals surface area (Å²) in [5.41, 5.74) is 8.77. The first-order chi connectivity index (χ1) is 8.19. The molecule has 2 rings (SSSR count). The average Bonchev–Trinajstić information content (AvgIpc) is 2.35. The highest BCUT2D eigenvalue weighted by Crippen LogP contribution is 2.20. The summed E-state index contributed by atoms with van der Waals surface area (Å²) >= 11 is 0. The van der Waals surface area contributed by atoms with Crippen molar-refractivity contribution in [2.24, 2.45) is 5.73 Å². The normalized spacial score (nSPS) is 10.3. The molecular formula is C13H15N3O. The molecule has 17 heavy (non-hydrogen) atoms. The van der Waals surface area contributed by atoms with Crippen LogP contribution in [0.1, 0.15) is 16.7 Å². The van der Waals surface area contributed by atoms with E-state index >= 15 is 0 Å². The Morgan fingerprint density at radius 1 is 1.12 bits per heavy atom. The van der Waals surface area contributed by atoms with Crippen molar-refractivity contribution in [3.63, 3.8) is 0 Å². The number of aromatic nitrogens is 2. The van der Waals surface area contributed by atoms with Crippen molar-refractivity contribution in [3.05, 3.63) is 47.3 Å². The van der Waals surface area contributed by atoms with Gasteiger partial charge in [0.1, 0.15) is 5.75 Å². The maximum absolute atomic E-state index is 5.55. The summed E-state index contributed by atoms with van der Waals surface area (Å²) in [6, 6.07) is 6.22. The molecule has 0 radical (unpaired) electrons. The van der Waals surface area contributed by atoms with Gasteiger partial charge in [-0.25, -0.2) is 9.97 Å². The number of aryl methyl sites for hydroxylation is 2. The lowest BCUT2D eigenvalue weighted by Gasteiger charge is -2.06. The molecule has 0 bridgehead atoms. The highest BCUT2D eigenvalue weighted by Gasteiger charge is 2.01. The summed E-state index contributed by atoms with van der Waals surface area (Å²) in [5, 5.41) is 0.